The summed E-state index contributed by atoms with van der Waals surface area (Å²) in [5, 5.41) is 6.01. The van der Waals surface area contributed by atoms with Crippen LogP contribution in [0.25, 0.3) is 0 Å². The van der Waals surface area contributed by atoms with Crippen molar-refractivity contribution >= 4 is 5.91 Å². The Hall–Kier alpha value is -1.36. The highest BCUT2D eigenvalue weighted by Gasteiger charge is 1.97. The smallest absolute Gasteiger partial charge is 0.221 e. The molecule has 1 rings (SSSR count). The highest BCUT2D eigenvalue weighted by molar-refractivity contribution is 5.75. The van der Waals surface area contributed by atoms with Gasteiger partial charge in [0.1, 0.15) is 0 Å². The molecule has 1 aromatic rings. The van der Waals surface area contributed by atoms with Crippen molar-refractivity contribution < 1.29 is 4.79 Å². The van der Waals surface area contributed by atoms with E-state index in [1.165, 1.54) is 0 Å². The van der Waals surface area contributed by atoms with Gasteiger partial charge in [0.25, 0.3) is 0 Å². The lowest BCUT2D eigenvalue weighted by molar-refractivity contribution is -0.120. The third-order valence-corrected chi connectivity index (χ3v) is 2.23. The summed E-state index contributed by atoms with van der Waals surface area (Å²) < 4.78 is 2.05. The van der Waals surface area contributed by atoms with Gasteiger partial charge in [0.2, 0.25) is 5.91 Å². The number of aromatic nitrogens is 2. The number of nitrogens with zero attached hydrogens (tertiary/aromatic N) is 2. The van der Waals surface area contributed by atoms with Crippen molar-refractivity contribution in [3.63, 3.8) is 0 Å². The average molecular weight is 224 g/mol. The predicted molar refractivity (Wildman–Crippen MR) is 63.0 cm³/mol. The summed E-state index contributed by atoms with van der Waals surface area (Å²) in [6, 6.07) is 0. The zero-order valence-electron chi connectivity index (χ0n) is 9.78. The van der Waals surface area contributed by atoms with E-state index in [1.807, 2.05) is 24.0 Å². The van der Waals surface area contributed by atoms with Gasteiger partial charge in [-0.3, -0.25) is 4.79 Å². The molecular formula is C11H20N4O. The SMILES string of the molecule is CCNC(=O)CCNCCCn1ccnc1. The van der Waals surface area contributed by atoms with E-state index in [1.54, 1.807) is 6.20 Å². The fourth-order valence-electron chi connectivity index (χ4n) is 1.42. The van der Waals surface area contributed by atoms with Gasteiger partial charge in [-0.2, -0.15) is 0 Å². The van der Waals surface area contributed by atoms with Crippen LogP contribution in [0.15, 0.2) is 18.7 Å². The zero-order chi connectivity index (χ0) is 11.6. The molecule has 5 heteroatoms. The molecule has 1 heterocycles. The molecule has 0 aliphatic heterocycles. The summed E-state index contributed by atoms with van der Waals surface area (Å²) in [7, 11) is 0. The molecule has 1 amide bonds. The number of rotatable bonds is 8. The number of hydrogen-bond acceptors (Lipinski definition) is 3. The van der Waals surface area contributed by atoms with E-state index in [2.05, 4.69) is 15.6 Å². The first kappa shape index (κ1) is 12.7. The Balaban J connectivity index is 1.90. The fraction of sp³-hybridized carbons (Fsp3) is 0.636. The molecule has 0 bridgehead atoms. The number of hydrogen-bond donors (Lipinski definition) is 2. The standard InChI is InChI=1S/C11H20N4O/c1-2-14-11(16)4-6-12-5-3-8-15-9-7-13-10-15/h7,9-10,12H,2-6,8H2,1H3,(H,14,16). The van der Waals surface area contributed by atoms with Gasteiger partial charge in [0.15, 0.2) is 0 Å². The van der Waals surface area contributed by atoms with Crippen molar-refractivity contribution in [2.75, 3.05) is 19.6 Å². The van der Waals surface area contributed by atoms with Gasteiger partial charge in [0, 0.05) is 38.4 Å². The first-order valence-corrected chi connectivity index (χ1v) is 5.76. The van der Waals surface area contributed by atoms with Gasteiger partial charge < -0.3 is 15.2 Å². The fourth-order valence-corrected chi connectivity index (χ4v) is 1.42. The summed E-state index contributed by atoms with van der Waals surface area (Å²) in [5.74, 6) is 0.115. The zero-order valence-corrected chi connectivity index (χ0v) is 9.78. The van der Waals surface area contributed by atoms with Gasteiger partial charge >= 0.3 is 0 Å². The topological polar surface area (TPSA) is 59.0 Å². The normalized spacial score (nSPS) is 10.3. The largest absolute Gasteiger partial charge is 0.356 e. The van der Waals surface area contributed by atoms with Crippen molar-refractivity contribution in [3.05, 3.63) is 18.7 Å². The summed E-state index contributed by atoms with van der Waals surface area (Å²) in [5.41, 5.74) is 0. The summed E-state index contributed by atoms with van der Waals surface area (Å²) in [4.78, 5) is 15.1. The van der Waals surface area contributed by atoms with Gasteiger partial charge in [-0.25, -0.2) is 4.98 Å². The van der Waals surface area contributed by atoms with Crippen LogP contribution in [-0.2, 0) is 11.3 Å². The highest BCUT2D eigenvalue weighted by Crippen LogP contribution is 1.89. The molecule has 1 aromatic heterocycles. The Morgan fingerprint density at radius 2 is 2.31 bits per heavy atom. The molecule has 0 spiro atoms. The van der Waals surface area contributed by atoms with Crippen molar-refractivity contribution in [1.29, 1.82) is 0 Å². The molecule has 16 heavy (non-hydrogen) atoms. The molecule has 0 fully saturated rings. The molecule has 0 atom stereocenters. The number of aryl methyl sites for hydroxylation is 1. The van der Waals surface area contributed by atoms with E-state index in [4.69, 9.17) is 0 Å². The van der Waals surface area contributed by atoms with Crippen LogP contribution in [0.5, 0.6) is 0 Å². The monoisotopic (exact) mass is 224 g/mol. The second-order valence-corrected chi connectivity index (χ2v) is 3.61. The Labute approximate surface area is 96.3 Å². The second kappa shape index (κ2) is 7.87. The van der Waals surface area contributed by atoms with E-state index < -0.39 is 0 Å². The maximum absolute atomic E-state index is 11.1. The lowest BCUT2D eigenvalue weighted by Crippen LogP contribution is -2.28. The lowest BCUT2D eigenvalue weighted by atomic mass is 10.3. The van der Waals surface area contributed by atoms with E-state index in [0.717, 1.165) is 26.1 Å². The third-order valence-electron chi connectivity index (χ3n) is 2.23. The van der Waals surface area contributed by atoms with Gasteiger partial charge in [0.05, 0.1) is 6.33 Å². The van der Waals surface area contributed by atoms with E-state index in [-0.39, 0.29) is 5.91 Å². The maximum Gasteiger partial charge on any atom is 0.221 e. The molecule has 0 aromatic carbocycles. The molecule has 0 unspecified atom stereocenters. The molecule has 0 aliphatic rings. The first-order valence-electron chi connectivity index (χ1n) is 5.76. The number of nitrogens with one attached hydrogen (secondary N) is 2. The van der Waals surface area contributed by atoms with Gasteiger partial charge in [-0.15, -0.1) is 0 Å². The average Bonchev–Trinajstić information content (AvgIpc) is 2.76. The van der Waals surface area contributed by atoms with E-state index >= 15 is 0 Å². The van der Waals surface area contributed by atoms with E-state index in [9.17, 15) is 4.79 Å². The predicted octanol–water partition coefficient (Wildman–Crippen LogP) is 0.389. The second-order valence-electron chi connectivity index (χ2n) is 3.61. The molecule has 0 aliphatic carbocycles. The molecule has 0 radical (unpaired) electrons. The van der Waals surface area contributed by atoms with Crippen molar-refractivity contribution in [3.8, 4) is 0 Å². The van der Waals surface area contributed by atoms with Crippen LogP contribution in [0.4, 0.5) is 0 Å². The first-order chi connectivity index (χ1) is 7.83. The Bertz CT molecular complexity index is 284. The molecular weight excluding hydrogens is 204 g/mol. The lowest BCUT2D eigenvalue weighted by Gasteiger charge is -2.05. The molecule has 2 N–H and O–H groups in total. The highest BCUT2D eigenvalue weighted by atomic mass is 16.1. The summed E-state index contributed by atoms with van der Waals surface area (Å²) in [6.45, 7) is 5.28. The minimum absolute atomic E-state index is 0.115. The Kier molecular flexibility index (Phi) is 6.25. The number of imidazole rings is 1. The van der Waals surface area contributed by atoms with E-state index in [0.29, 0.717) is 13.0 Å². The molecule has 90 valence electrons. The molecule has 0 saturated carbocycles. The van der Waals surface area contributed by atoms with Crippen LogP contribution in [-0.4, -0.2) is 35.1 Å². The number of carbonyl (C=O) groups is 1. The van der Waals surface area contributed by atoms with Crippen LogP contribution in [0.1, 0.15) is 19.8 Å². The number of carbonyl (C=O) groups excluding carboxylic acids is 1. The van der Waals surface area contributed by atoms with Crippen molar-refractivity contribution in [1.82, 2.24) is 20.2 Å². The Morgan fingerprint density at radius 3 is 3.00 bits per heavy atom. The summed E-state index contributed by atoms with van der Waals surface area (Å²) in [6.07, 6.45) is 7.15. The van der Waals surface area contributed by atoms with Crippen LogP contribution >= 0.6 is 0 Å². The Morgan fingerprint density at radius 1 is 1.44 bits per heavy atom. The van der Waals surface area contributed by atoms with Crippen LogP contribution in [0.2, 0.25) is 0 Å². The number of amides is 1. The van der Waals surface area contributed by atoms with Crippen molar-refractivity contribution in [2.24, 2.45) is 0 Å². The minimum atomic E-state index is 0.115. The molecule has 5 nitrogen and oxygen atoms in total. The third kappa shape index (κ3) is 5.50. The minimum Gasteiger partial charge on any atom is -0.356 e. The molecule has 0 saturated heterocycles. The summed E-state index contributed by atoms with van der Waals surface area (Å²) >= 11 is 0. The maximum atomic E-state index is 11.1. The van der Waals surface area contributed by atoms with Gasteiger partial charge in [-0.1, -0.05) is 0 Å². The van der Waals surface area contributed by atoms with Crippen LogP contribution in [0.3, 0.4) is 0 Å². The van der Waals surface area contributed by atoms with Crippen LogP contribution in [0, 0.1) is 0 Å². The van der Waals surface area contributed by atoms with Crippen molar-refractivity contribution in [2.45, 2.75) is 26.3 Å². The van der Waals surface area contributed by atoms with Gasteiger partial charge in [-0.05, 0) is 19.9 Å². The van der Waals surface area contributed by atoms with Crippen LogP contribution < -0.4 is 10.6 Å². The quantitative estimate of drug-likeness (QED) is 0.628.